The van der Waals surface area contributed by atoms with Gasteiger partial charge in [-0.3, -0.25) is 9.41 Å². The number of quaternary nitrogens is 1. The molecule has 0 saturated carbocycles. The minimum atomic E-state index is 0. The third-order valence-electron chi connectivity index (χ3n) is 2.62. The van der Waals surface area contributed by atoms with E-state index < -0.39 is 0 Å². The smallest absolute Gasteiger partial charge is 0.0911 e. The van der Waals surface area contributed by atoms with E-state index in [0.29, 0.717) is 6.54 Å². The Bertz CT molecular complexity index is 93.0. The average Bonchev–Trinajstić information content (AvgIpc) is 2.16. The summed E-state index contributed by atoms with van der Waals surface area (Å²) in [6.07, 6.45) is 0. The Morgan fingerprint density at radius 1 is 0.938 bits per heavy atom. The van der Waals surface area contributed by atoms with Gasteiger partial charge >= 0.3 is 0 Å². The lowest BCUT2D eigenvalue weighted by Gasteiger charge is -2.35. The molecule has 0 bridgehead atoms. The maximum Gasteiger partial charge on any atom is 0.0911 e. The largest absolute Gasteiger partial charge is 1.00 e. The molecular formula is C10H29F3N3. The molecule has 0 unspecified atom stereocenters. The van der Waals surface area contributed by atoms with E-state index in [4.69, 9.17) is 11.5 Å². The average molecular weight is 248 g/mol. The van der Waals surface area contributed by atoms with Crippen LogP contribution >= 0.6 is 0 Å². The predicted octanol–water partition coefficient (Wildman–Crippen LogP) is -2.09. The highest BCUT2D eigenvalue weighted by molar-refractivity contribution is 4.38. The lowest BCUT2D eigenvalue weighted by Crippen LogP contribution is -3.00. The summed E-state index contributed by atoms with van der Waals surface area (Å²) < 4.78 is 1.18. The molecule has 16 heavy (non-hydrogen) atoms. The molecule has 0 heterocycles. The van der Waals surface area contributed by atoms with Gasteiger partial charge in [0.05, 0.1) is 26.2 Å². The van der Waals surface area contributed by atoms with E-state index in [1.807, 2.05) is 0 Å². The summed E-state index contributed by atoms with van der Waals surface area (Å²) in [5.41, 5.74) is 10.3. The standard InChI is InChI=1S/C8H21N2.C2H6N.3FH/c1-4-10(5-2,6-3)8-7-9;1-2-3;;;/h4-9H2,1-3H3;1-3H2;3*1H/q+1;;;;/p-1. The first-order valence-electron chi connectivity index (χ1n) is 5.20. The first-order valence-corrected chi connectivity index (χ1v) is 5.20. The van der Waals surface area contributed by atoms with Crippen molar-refractivity contribution in [3.8, 4) is 0 Å². The molecule has 0 aromatic heterocycles. The summed E-state index contributed by atoms with van der Waals surface area (Å²) in [6, 6.07) is 0. The highest BCUT2D eigenvalue weighted by Gasteiger charge is 2.18. The first-order chi connectivity index (χ1) is 6.16. The van der Waals surface area contributed by atoms with Crippen molar-refractivity contribution in [3.05, 3.63) is 6.92 Å². The maximum atomic E-state index is 5.53. The molecule has 0 atom stereocenters. The second-order valence-electron chi connectivity index (χ2n) is 3.09. The van der Waals surface area contributed by atoms with Crippen LogP contribution in [0.3, 0.4) is 0 Å². The molecule has 6 heteroatoms. The van der Waals surface area contributed by atoms with E-state index in [9.17, 15) is 0 Å². The van der Waals surface area contributed by atoms with E-state index >= 15 is 0 Å². The minimum absolute atomic E-state index is 0. The van der Waals surface area contributed by atoms with Crippen LogP contribution in [0.15, 0.2) is 0 Å². The van der Waals surface area contributed by atoms with Gasteiger partial charge in [-0.25, -0.2) is 0 Å². The predicted molar refractivity (Wildman–Crippen MR) is 65.2 cm³/mol. The summed E-state index contributed by atoms with van der Waals surface area (Å²) in [6.45, 7) is 16.1. The second-order valence-corrected chi connectivity index (χ2v) is 3.09. The maximum absolute atomic E-state index is 5.53. The lowest BCUT2D eigenvalue weighted by atomic mass is 10.3. The zero-order valence-corrected chi connectivity index (χ0v) is 10.7. The number of likely N-dealkylation sites (N-methyl/N-ethyl adjacent to an activating group) is 1. The zero-order chi connectivity index (χ0) is 10.7. The SMILES string of the molecule is CC[N+](CC)(CC)CCN.F.F.[CH2]CN.[F-]. The Morgan fingerprint density at radius 2 is 1.19 bits per heavy atom. The van der Waals surface area contributed by atoms with E-state index in [2.05, 4.69) is 27.7 Å². The van der Waals surface area contributed by atoms with Crippen LogP contribution in [0, 0.1) is 6.92 Å². The number of nitrogens with zero attached hydrogens (tertiary/aromatic N) is 1. The number of nitrogens with two attached hydrogens (primary N) is 2. The molecule has 0 rings (SSSR count). The van der Waals surface area contributed by atoms with Crippen molar-refractivity contribution in [2.45, 2.75) is 20.8 Å². The number of halogens is 3. The van der Waals surface area contributed by atoms with Crippen molar-refractivity contribution in [2.24, 2.45) is 11.5 Å². The summed E-state index contributed by atoms with van der Waals surface area (Å²) in [7, 11) is 0. The molecule has 3 nitrogen and oxygen atoms in total. The third-order valence-corrected chi connectivity index (χ3v) is 2.62. The Labute approximate surface area is 97.9 Å². The normalized spacial score (nSPS) is 8.62. The lowest BCUT2D eigenvalue weighted by molar-refractivity contribution is -0.921. The van der Waals surface area contributed by atoms with E-state index in [1.165, 1.54) is 24.1 Å². The monoisotopic (exact) mass is 248 g/mol. The second kappa shape index (κ2) is 20.1. The fraction of sp³-hybridized carbons (Fsp3) is 0.900. The van der Waals surface area contributed by atoms with Gasteiger partial charge in [-0.1, -0.05) is 0 Å². The molecular weight excluding hydrogens is 219 g/mol. The van der Waals surface area contributed by atoms with E-state index in [1.54, 1.807) is 0 Å². The fourth-order valence-electron chi connectivity index (χ4n) is 1.42. The summed E-state index contributed by atoms with van der Waals surface area (Å²) >= 11 is 0. The molecule has 1 radical (unpaired) electrons. The van der Waals surface area contributed by atoms with Gasteiger partial charge in [0.15, 0.2) is 0 Å². The molecule has 0 aromatic carbocycles. The Hall–Kier alpha value is -0.330. The van der Waals surface area contributed by atoms with Crippen LogP contribution in [0.4, 0.5) is 9.41 Å². The Balaban J connectivity index is -0.0000000606. The van der Waals surface area contributed by atoms with Gasteiger partial charge in [0.1, 0.15) is 0 Å². The molecule has 0 amide bonds. The van der Waals surface area contributed by atoms with Gasteiger partial charge in [0.25, 0.3) is 0 Å². The van der Waals surface area contributed by atoms with Crippen LogP contribution in [-0.4, -0.2) is 43.8 Å². The van der Waals surface area contributed by atoms with Gasteiger partial charge in [-0.05, 0) is 34.2 Å². The van der Waals surface area contributed by atoms with Gasteiger partial charge in [-0.2, -0.15) is 0 Å². The molecule has 4 N–H and O–H groups in total. The van der Waals surface area contributed by atoms with E-state index in [-0.39, 0.29) is 14.1 Å². The van der Waals surface area contributed by atoms with Gasteiger partial charge < -0.3 is 20.7 Å². The van der Waals surface area contributed by atoms with Crippen LogP contribution in [0.1, 0.15) is 20.8 Å². The Morgan fingerprint density at radius 3 is 1.25 bits per heavy atom. The van der Waals surface area contributed by atoms with Crippen molar-refractivity contribution in [3.63, 3.8) is 0 Å². The van der Waals surface area contributed by atoms with Crippen LogP contribution in [0.2, 0.25) is 0 Å². The van der Waals surface area contributed by atoms with Crippen molar-refractivity contribution in [1.29, 1.82) is 0 Å². The Kier molecular flexibility index (Phi) is 37.3. The van der Waals surface area contributed by atoms with Gasteiger partial charge in [-0.15, -0.1) is 0 Å². The first kappa shape index (κ1) is 29.6. The quantitative estimate of drug-likeness (QED) is 0.548. The topological polar surface area (TPSA) is 52.0 Å². The molecule has 105 valence electrons. The highest BCUT2D eigenvalue weighted by atomic mass is 19.0. The number of rotatable bonds is 5. The van der Waals surface area contributed by atoms with Crippen molar-refractivity contribution in [1.82, 2.24) is 0 Å². The minimum Gasteiger partial charge on any atom is -1.00 e. The molecule has 0 fully saturated rings. The zero-order valence-electron chi connectivity index (χ0n) is 10.7. The molecule has 0 saturated heterocycles. The van der Waals surface area contributed by atoms with E-state index in [0.717, 1.165) is 13.1 Å². The van der Waals surface area contributed by atoms with Crippen LogP contribution in [0.25, 0.3) is 0 Å². The highest BCUT2D eigenvalue weighted by Crippen LogP contribution is 2.03. The summed E-state index contributed by atoms with van der Waals surface area (Å²) in [5.74, 6) is 0. The molecule has 0 aliphatic rings. The van der Waals surface area contributed by atoms with Crippen molar-refractivity contribution < 1.29 is 18.6 Å². The van der Waals surface area contributed by atoms with Crippen molar-refractivity contribution in [2.75, 3.05) is 39.3 Å². The van der Waals surface area contributed by atoms with Gasteiger partial charge in [0, 0.05) is 6.54 Å². The van der Waals surface area contributed by atoms with Crippen molar-refractivity contribution >= 4 is 0 Å². The third kappa shape index (κ3) is 13.7. The van der Waals surface area contributed by atoms with Crippen LogP contribution < -0.4 is 16.2 Å². The summed E-state index contributed by atoms with van der Waals surface area (Å²) in [5, 5.41) is 0. The number of hydrogen-bond acceptors (Lipinski definition) is 2. The number of hydrogen-bond donors (Lipinski definition) is 2. The summed E-state index contributed by atoms with van der Waals surface area (Å²) in [4.78, 5) is 0. The molecule has 0 spiro atoms. The molecule has 0 aliphatic carbocycles. The van der Waals surface area contributed by atoms with Gasteiger partial charge in [0.2, 0.25) is 0 Å². The molecule has 0 aromatic rings. The van der Waals surface area contributed by atoms with Crippen LogP contribution in [0.5, 0.6) is 0 Å². The fourth-order valence-corrected chi connectivity index (χ4v) is 1.42. The molecule has 0 aliphatic heterocycles. The van der Waals surface area contributed by atoms with Crippen LogP contribution in [-0.2, 0) is 0 Å².